The van der Waals surface area contributed by atoms with Gasteiger partial charge in [-0.25, -0.2) is 0 Å². The molecule has 3 aromatic carbocycles. The minimum atomic E-state index is -0.367. The Balaban J connectivity index is 2.05. The van der Waals surface area contributed by atoms with Crippen LogP contribution in [-0.4, -0.2) is 4.92 Å². The van der Waals surface area contributed by atoms with Gasteiger partial charge in [-0.1, -0.05) is 24.3 Å². The van der Waals surface area contributed by atoms with Gasteiger partial charge in [-0.05, 0) is 48.4 Å². The monoisotopic (exact) mass is 343 g/mol. The van der Waals surface area contributed by atoms with Crippen molar-refractivity contribution in [3.05, 3.63) is 81.9 Å². The molecule has 4 nitrogen and oxygen atoms in total. The van der Waals surface area contributed by atoms with Gasteiger partial charge in [0.1, 0.15) is 7.05 Å². The molecule has 4 rings (SSSR count). The molecule has 0 aliphatic carbocycles. The molecule has 0 fully saturated rings. The number of pyridine rings is 1. The van der Waals surface area contributed by atoms with Gasteiger partial charge in [0.15, 0.2) is 0 Å². The number of nitro benzene ring substituents is 1. The summed E-state index contributed by atoms with van der Waals surface area (Å²) >= 11 is 0. The van der Waals surface area contributed by atoms with Crippen molar-refractivity contribution in [1.29, 1.82) is 0 Å². The Morgan fingerprint density at radius 1 is 0.885 bits per heavy atom. The second kappa shape index (κ2) is 5.92. The van der Waals surface area contributed by atoms with E-state index in [0.717, 1.165) is 16.8 Å². The minimum Gasteiger partial charge on any atom is -0.258 e. The van der Waals surface area contributed by atoms with Crippen molar-refractivity contribution >= 4 is 27.4 Å². The normalized spacial score (nSPS) is 11.2. The molecule has 0 aliphatic heterocycles. The van der Waals surface area contributed by atoms with Crippen molar-refractivity contribution in [3.8, 4) is 11.3 Å². The number of non-ortho nitro benzene ring substituents is 1. The van der Waals surface area contributed by atoms with Gasteiger partial charge in [0.2, 0.25) is 11.2 Å². The average Bonchev–Trinajstić information content (AvgIpc) is 2.66. The lowest BCUT2D eigenvalue weighted by Crippen LogP contribution is -2.33. The zero-order valence-electron chi connectivity index (χ0n) is 15.0. The second-order valence-electron chi connectivity index (χ2n) is 6.64. The maximum absolute atomic E-state index is 10.9. The van der Waals surface area contributed by atoms with Gasteiger partial charge in [-0.2, -0.15) is 4.57 Å². The Morgan fingerprint density at radius 2 is 1.58 bits per heavy atom. The zero-order valence-corrected chi connectivity index (χ0v) is 15.0. The Hall–Kier alpha value is -3.27. The predicted octanol–water partition coefficient (Wildman–Crippen LogP) is 5.01. The number of nitro groups is 1. The number of aromatic nitrogens is 1. The highest BCUT2D eigenvalue weighted by Gasteiger charge is 2.22. The van der Waals surface area contributed by atoms with Crippen molar-refractivity contribution in [1.82, 2.24) is 0 Å². The first-order valence-corrected chi connectivity index (χ1v) is 8.54. The molecule has 0 aliphatic rings. The van der Waals surface area contributed by atoms with E-state index in [-0.39, 0.29) is 10.6 Å². The first-order valence-electron chi connectivity index (χ1n) is 8.54. The summed E-state index contributed by atoms with van der Waals surface area (Å²) in [6.45, 7) is 4.27. The summed E-state index contributed by atoms with van der Waals surface area (Å²) < 4.78 is 2.19. The Morgan fingerprint density at radius 3 is 2.27 bits per heavy atom. The summed E-state index contributed by atoms with van der Waals surface area (Å²) in [5.74, 6) is 0. The lowest BCUT2D eigenvalue weighted by Gasteiger charge is -2.13. The fourth-order valence-electron chi connectivity index (χ4n) is 3.82. The molecule has 0 atom stereocenters. The van der Waals surface area contributed by atoms with Crippen molar-refractivity contribution in [3.63, 3.8) is 0 Å². The van der Waals surface area contributed by atoms with Gasteiger partial charge in [0, 0.05) is 29.3 Å². The molecule has 4 aromatic rings. The van der Waals surface area contributed by atoms with Gasteiger partial charge in [-0.3, -0.25) is 10.1 Å². The summed E-state index contributed by atoms with van der Waals surface area (Å²) in [6.07, 6.45) is 0. The highest BCUT2D eigenvalue weighted by molar-refractivity contribution is 6.07. The Bertz CT molecular complexity index is 1180. The minimum absolute atomic E-state index is 0.109. The summed E-state index contributed by atoms with van der Waals surface area (Å²) in [5.41, 5.74) is 5.75. The van der Waals surface area contributed by atoms with E-state index in [9.17, 15) is 10.1 Å². The second-order valence-corrected chi connectivity index (χ2v) is 6.64. The average molecular weight is 343 g/mol. The predicted molar refractivity (Wildman–Crippen MR) is 104 cm³/mol. The highest BCUT2D eigenvalue weighted by Crippen LogP contribution is 2.32. The van der Waals surface area contributed by atoms with E-state index in [2.05, 4.69) is 61.9 Å². The third-order valence-corrected chi connectivity index (χ3v) is 5.25. The van der Waals surface area contributed by atoms with Crippen LogP contribution in [0.4, 0.5) is 5.69 Å². The van der Waals surface area contributed by atoms with E-state index >= 15 is 0 Å². The molecule has 0 saturated heterocycles. The van der Waals surface area contributed by atoms with E-state index < -0.39 is 0 Å². The molecule has 0 amide bonds. The first kappa shape index (κ1) is 16.2. The van der Waals surface area contributed by atoms with Crippen LogP contribution < -0.4 is 4.57 Å². The molecular formula is C22H19N2O2+. The number of hydrogen-bond acceptors (Lipinski definition) is 2. The van der Waals surface area contributed by atoms with E-state index in [1.54, 1.807) is 12.1 Å². The molecule has 1 heterocycles. The van der Waals surface area contributed by atoms with Gasteiger partial charge in [0.25, 0.3) is 5.69 Å². The molecule has 4 heteroatoms. The molecular weight excluding hydrogens is 324 g/mol. The molecule has 0 radical (unpaired) electrons. The molecule has 0 bridgehead atoms. The van der Waals surface area contributed by atoms with Crippen LogP contribution in [0.15, 0.2) is 60.7 Å². The number of hydrogen-bond donors (Lipinski definition) is 0. The van der Waals surface area contributed by atoms with Crippen LogP contribution in [0.25, 0.3) is 32.9 Å². The molecule has 0 unspecified atom stereocenters. The van der Waals surface area contributed by atoms with E-state index in [4.69, 9.17) is 0 Å². The third kappa shape index (κ3) is 2.34. The van der Waals surface area contributed by atoms with Gasteiger partial charge in [-0.15, -0.1) is 0 Å². The summed E-state index contributed by atoms with van der Waals surface area (Å²) in [7, 11) is 2.06. The van der Waals surface area contributed by atoms with Crippen molar-refractivity contribution in [2.75, 3.05) is 0 Å². The third-order valence-electron chi connectivity index (χ3n) is 5.25. The molecule has 26 heavy (non-hydrogen) atoms. The lowest BCUT2D eigenvalue weighted by atomic mass is 9.94. The molecule has 0 spiro atoms. The SMILES string of the molecule is Cc1c(C)c2c3ccccc3ccc2[n+](C)c1-c1ccc([N+](=O)[O-])cc1. The van der Waals surface area contributed by atoms with Crippen LogP contribution in [0.5, 0.6) is 0 Å². The summed E-state index contributed by atoms with van der Waals surface area (Å²) in [5, 5.41) is 14.7. The van der Waals surface area contributed by atoms with Crippen LogP contribution in [0, 0.1) is 24.0 Å². The zero-order chi connectivity index (χ0) is 18.4. The van der Waals surface area contributed by atoms with E-state index in [1.807, 2.05) is 12.1 Å². The fourth-order valence-corrected chi connectivity index (χ4v) is 3.82. The van der Waals surface area contributed by atoms with E-state index in [0.29, 0.717) is 0 Å². The quantitative estimate of drug-likeness (QED) is 0.222. The maximum atomic E-state index is 10.9. The Labute approximate surface area is 151 Å². The largest absolute Gasteiger partial charge is 0.269 e. The van der Waals surface area contributed by atoms with Crippen LogP contribution in [0.3, 0.4) is 0 Å². The lowest BCUT2D eigenvalue weighted by molar-refractivity contribution is -0.633. The van der Waals surface area contributed by atoms with Crippen LogP contribution in [-0.2, 0) is 7.05 Å². The molecule has 128 valence electrons. The van der Waals surface area contributed by atoms with Crippen molar-refractivity contribution < 1.29 is 9.49 Å². The number of nitrogens with zero attached hydrogens (tertiary/aromatic N) is 2. The van der Waals surface area contributed by atoms with E-state index in [1.165, 1.54) is 27.3 Å². The van der Waals surface area contributed by atoms with Gasteiger partial charge >= 0.3 is 0 Å². The Kier molecular flexibility index (Phi) is 3.69. The summed E-state index contributed by atoms with van der Waals surface area (Å²) in [4.78, 5) is 10.6. The van der Waals surface area contributed by atoms with Gasteiger partial charge < -0.3 is 0 Å². The standard InChI is InChI=1S/C22H19N2O2/c1-14-15(2)22(17-8-11-18(12-9-17)24(25)26)23(3)20-13-10-16-6-4-5-7-19(16)21(14)20/h4-13H,1-3H3/q+1. The van der Waals surface area contributed by atoms with Crippen LogP contribution in [0.1, 0.15) is 11.1 Å². The van der Waals surface area contributed by atoms with Crippen molar-refractivity contribution in [2.24, 2.45) is 7.05 Å². The number of rotatable bonds is 2. The number of aryl methyl sites for hydroxylation is 2. The fraction of sp³-hybridized carbons (Fsp3) is 0.136. The summed E-state index contributed by atoms with van der Waals surface area (Å²) in [6, 6.07) is 19.5. The first-order chi connectivity index (χ1) is 12.5. The maximum Gasteiger partial charge on any atom is 0.269 e. The smallest absolute Gasteiger partial charge is 0.258 e. The van der Waals surface area contributed by atoms with Crippen LogP contribution in [0.2, 0.25) is 0 Å². The number of fused-ring (bicyclic) bond motifs is 3. The molecule has 0 saturated carbocycles. The van der Waals surface area contributed by atoms with Gasteiger partial charge in [0.05, 0.1) is 10.3 Å². The van der Waals surface area contributed by atoms with Crippen molar-refractivity contribution in [2.45, 2.75) is 13.8 Å². The highest BCUT2D eigenvalue weighted by atomic mass is 16.6. The molecule has 1 aromatic heterocycles. The number of benzene rings is 3. The molecule has 0 N–H and O–H groups in total. The topological polar surface area (TPSA) is 47.0 Å². The van der Waals surface area contributed by atoms with Crippen LogP contribution >= 0.6 is 0 Å².